The van der Waals surface area contributed by atoms with Crippen LogP contribution in [0.15, 0.2) is 18.2 Å². The summed E-state index contributed by atoms with van der Waals surface area (Å²) < 4.78 is 13.9. The molecule has 0 spiro atoms. The van der Waals surface area contributed by atoms with E-state index in [2.05, 4.69) is 0 Å². The van der Waals surface area contributed by atoms with Crippen molar-refractivity contribution < 1.29 is 14.3 Å². The van der Waals surface area contributed by atoms with Crippen molar-refractivity contribution in [3.05, 3.63) is 35.1 Å². The number of halogens is 1. The average molecular weight is 251 g/mol. The summed E-state index contributed by atoms with van der Waals surface area (Å²) in [7, 11) is 0. The molecule has 98 valence electrons. The molecule has 1 amide bonds. The molecule has 1 unspecified atom stereocenters. The fourth-order valence-corrected chi connectivity index (χ4v) is 2.42. The number of amides is 1. The number of hydrogen-bond donors (Lipinski definition) is 1. The van der Waals surface area contributed by atoms with Crippen molar-refractivity contribution in [3.8, 4) is 0 Å². The number of carbonyl (C=O) groups excluding carboxylic acids is 1. The van der Waals surface area contributed by atoms with Gasteiger partial charge in [0, 0.05) is 19.7 Å². The molecule has 1 N–H and O–H groups in total. The maximum Gasteiger partial charge on any atom is 0.256 e. The van der Waals surface area contributed by atoms with Crippen LogP contribution in [0, 0.1) is 18.7 Å². The molecule has 0 aliphatic carbocycles. The summed E-state index contributed by atoms with van der Waals surface area (Å²) >= 11 is 0. The van der Waals surface area contributed by atoms with Crippen molar-refractivity contribution in [2.45, 2.75) is 19.8 Å². The van der Waals surface area contributed by atoms with Crippen LogP contribution in [-0.2, 0) is 0 Å². The summed E-state index contributed by atoms with van der Waals surface area (Å²) in [4.78, 5) is 13.9. The first-order chi connectivity index (χ1) is 8.63. The molecule has 1 heterocycles. The van der Waals surface area contributed by atoms with Crippen molar-refractivity contribution >= 4 is 5.91 Å². The second-order valence-electron chi connectivity index (χ2n) is 4.85. The summed E-state index contributed by atoms with van der Waals surface area (Å²) in [5.74, 6) is -0.323. The van der Waals surface area contributed by atoms with Crippen LogP contribution in [-0.4, -0.2) is 35.6 Å². The van der Waals surface area contributed by atoms with E-state index in [1.807, 2.05) is 0 Å². The zero-order valence-corrected chi connectivity index (χ0v) is 10.5. The van der Waals surface area contributed by atoms with Crippen LogP contribution in [0.4, 0.5) is 4.39 Å². The van der Waals surface area contributed by atoms with E-state index < -0.39 is 5.82 Å². The molecule has 0 bridgehead atoms. The lowest BCUT2D eigenvalue weighted by Crippen LogP contribution is -2.29. The molecule has 2 rings (SSSR count). The van der Waals surface area contributed by atoms with Gasteiger partial charge in [0.2, 0.25) is 0 Å². The molecule has 1 atom stereocenters. The normalized spacial score (nSPS) is 19.3. The Labute approximate surface area is 106 Å². The highest BCUT2D eigenvalue weighted by molar-refractivity contribution is 5.94. The van der Waals surface area contributed by atoms with Crippen molar-refractivity contribution in [1.82, 2.24) is 4.90 Å². The van der Waals surface area contributed by atoms with Crippen LogP contribution < -0.4 is 0 Å². The third kappa shape index (κ3) is 2.53. The Morgan fingerprint density at radius 2 is 2.33 bits per heavy atom. The summed E-state index contributed by atoms with van der Waals surface area (Å²) in [6.45, 7) is 3.07. The van der Waals surface area contributed by atoms with Gasteiger partial charge in [-0.25, -0.2) is 4.39 Å². The number of rotatable bonds is 3. The standard InChI is InChI=1S/C14H18FNO2/c1-10-3-2-4-12(13(10)15)14(18)16-7-5-11(9-16)6-8-17/h2-4,11,17H,5-9H2,1H3. The Morgan fingerprint density at radius 3 is 3.06 bits per heavy atom. The predicted molar refractivity (Wildman–Crippen MR) is 66.9 cm³/mol. The van der Waals surface area contributed by atoms with Crippen LogP contribution in [0.3, 0.4) is 0 Å². The first-order valence-electron chi connectivity index (χ1n) is 6.28. The molecule has 1 fully saturated rings. The van der Waals surface area contributed by atoms with E-state index in [1.165, 1.54) is 6.07 Å². The minimum atomic E-state index is -0.423. The van der Waals surface area contributed by atoms with Gasteiger partial charge in [0.15, 0.2) is 0 Å². The minimum Gasteiger partial charge on any atom is -0.396 e. The Balaban J connectivity index is 2.11. The molecule has 0 radical (unpaired) electrons. The van der Waals surface area contributed by atoms with Gasteiger partial charge in [-0.1, -0.05) is 12.1 Å². The number of benzene rings is 1. The van der Waals surface area contributed by atoms with Gasteiger partial charge in [-0.3, -0.25) is 4.79 Å². The highest BCUT2D eigenvalue weighted by atomic mass is 19.1. The molecule has 0 aromatic heterocycles. The monoisotopic (exact) mass is 251 g/mol. The first-order valence-corrected chi connectivity index (χ1v) is 6.28. The van der Waals surface area contributed by atoms with Crippen LogP contribution in [0.1, 0.15) is 28.8 Å². The number of hydrogen-bond acceptors (Lipinski definition) is 2. The molecule has 1 saturated heterocycles. The molecule has 1 aliphatic heterocycles. The molecular formula is C14H18FNO2. The zero-order valence-electron chi connectivity index (χ0n) is 10.5. The highest BCUT2D eigenvalue weighted by Crippen LogP contribution is 2.22. The molecule has 4 heteroatoms. The van der Waals surface area contributed by atoms with Gasteiger partial charge in [-0.05, 0) is 37.3 Å². The molecular weight excluding hydrogens is 233 g/mol. The lowest BCUT2D eigenvalue weighted by molar-refractivity contribution is 0.0780. The van der Waals surface area contributed by atoms with Crippen molar-refractivity contribution in [3.63, 3.8) is 0 Å². The molecule has 0 saturated carbocycles. The highest BCUT2D eigenvalue weighted by Gasteiger charge is 2.28. The molecule has 1 aromatic carbocycles. The molecule has 1 aromatic rings. The minimum absolute atomic E-state index is 0.144. The topological polar surface area (TPSA) is 40.5 Å². The summed E-state index contributed by atoms with van der Waals surface area (Å²) in [6.07, 6.45) is 1.60. The third-order valence-electron chi connectivity index (χ3n) is 3.53. The van der Waals surface area contributed by atoms with Crippen molar-refractivity contribution in [2.24, 2.45) is 5.92 Å². The zero-order chi connectivity index (χ0) is 13.1. The van der Waals surface area contributed by atoms with Crippen LogP contribution in [0.25, 0.3) is 0 Å². The number of aliphatic hydroxyl groups is 1. The van der Waals surface area contributed by atoms with E-state index >= 15 is 0 Å². The largest absolute Gasteiger partial charge is 0.396 e. The smallest absolute Gasteiger partial charge is 0.256 e. The van der Waals surface area contributed by atoms with Gasteiger partial charge in [-0.2, -0.15) is 0 Å². The Bertz CT molecular complexity index is 447. The Kier molecular flexibility index (Phi) is 3.97. The number of aliphatic hydroxyl groups excluding tert-OH is 1. The van der Waals surface area contributed by atoms with E-state index in [0.717, 1.165) is 6.42 Å². The van der Waals surface area contributed by atoms with Gasteiger partial charge in [0.25, 0.3) is 5.91 Å². The second kappa shape index (κ2) is 5.48. The molecule has 1 aliphatic rings. The maximum absolute atomic E-state index is 13.9. The third-order valence-corrected chi connectivity index (χ3v) is 3.53. The van der Waals surface area contributed by atoms with E-state index in [1.54, 1.807) is 24.0 Å². The number of nitrogens with zero attached hydrogens (tertiary/aromatic N) is 1. The number of likely N-dealkylation sites (tertiary alicyclic amines) is 1. The number of carbonyl (C=O) groups is 1. The van der Waals surface area contributed by atoms with Crippen LogP contribution in [0.5, 0.6) is 0 Å². The van der Waals surface area contributed by atoms with E-state index in [-0.39, 0.29) is 18.1 Å². The average Bonchev–Trinajstić information content (AvgIpc) is 2.81. The van der Waals surface area contributed by atoms with E-state index in [0.29, 0.717) is 31.0 Å². The maximum atomic E-state index is 13.9. The fraction of sp³-hybridized carbons (Fsp3) is 0.500. The van der Waals surface area contributed by atoms with Crippen LogP contribution >= 0.6 is 0 Å². The number of aryl methyl sites for hydroxylation is 1. The van der Waals surface area contributed by atoms with Crippen LogP contribution in [0.2, 0.25) is 0 Å². The second-order valence-corrected chi connectivity index (χ2v) is 4.85. The van der Waals surface area contributed by atoms with Gasteiger partial charge in [0.05, 0.1) is 5.56 Å². The predicted octanol–water partition coefficient (Wildman–Crippen LogP) is 1.98. The van der Waals surface area contributed by atoms with Gasteiger partial charge in [-0.15, -0.1) is 0 Å². The summed E-state index contributed by atoms with van der Waals surface area (Å²) in [5.41, 5.74) is 0.645. The Morgan fingerprint density at radius 1 is 1.56 bits per heavy atom. The molecule has 18 heavy (non-hydrogen) atoms. The molecule has 3 nitrogen and oxygen atoms in total. The SMILES string of the molecule is Cc1cccc(C(=O)N2CCC(CCO)C2)c1F. The van der Waals surface area contributed by atoms with Gasteiger partial charge < -0.3 is 10.0 Å². The van der Waals surface area contributed by atoms with Crippen molar-refractivity contribution in [2.75, 3.05) is 19.7 Å². The first kappa shape index (κ1) is 13.0. The summed E-state index contributed by atoms with van der Waals surface area (Å²) in [6, 6.07) is 4.89. The van der Waals surface area contributed by atoms with E-state index in [4.69, 9.17) is 5.11 Å². The van der Waals surface area contributed by atoms with Gasteiger partial charge >= 0.3 is 0 Å². The van der Waals surface area contributed by atoms with Crippen molar-refractivity contribution in [1.29, 1.82) is 0 Å². The quantitative estimate of drug-likeness (QED) is 0.892. The lowest BCUT2D eigenvalue weighted by Gasteiger charge is -2.17. The lowest BCUT2D eigenvalue weighted by atomic mass is 10.1. The Hall–Kier alpha value is -1.42. The fourth-order valence-electron chi connectivity index (χ4n) is 2.42. The summed E-state index contributed by atoms with van der Waals surface area (Å²) in [5, 5.41) is 8.89. The van der Waals surface area contributed by atoms with Gasteiger partial charge in [0.1, 0.15) is 5.82 Å². The van der Waals surface area contributed by atoms with E-state index in [9.17, 15) is 9.18 Å².